The van der Waals surface area contributed by atoms with Crippen molar-refractivity contribution in [3.05, 3.63) is 99.9 Å². The number of pyridine rings is 1. The van der Waals surface area contributed by atoms with Crippen molar-refractivity contribution in [1.82, 2.24) is 4.98 Å². The first kappa shape index (κ1) is 22.8. The Bertz CT molecular complexity index is 1450. The Morgan fingerprint density at radius 2 is 1.71 bits per heavy atom. The van der Waals surface area contributed by atoms with Gasteiger partial charge in [-0.3, -0.25) is 29.6 Å². The van der Waals surface area contributed by atoms with E-state index in [0.29, 0.717) is 5.56 Å². The molecule has 1 fully saturated rings. The fraction of sp³-hybridized carbons (Fsp3) is 0.0455. The van der Waals surface area contributed by atoms with Gasteiger partial charge in [-0.1, -0.05) is 12.1 Å². The summed E-state index contributed by atoms with van der Waals surface area (Å²) < 4.78 is 23.2. The minimum absolute atomic E-state index is 0.0178. The van der Waals surface area contributed by atoms with Gasteiger partial charge in [-0.25, -0.2) is 13.6 Å². The van der Waals surface area contributed by atoms with Crippen LogP contribution in [-0.4, -0.2) is 35.1 Å². The van der Waals surface area contributed by atoms with Crippen molar-refractivity contribution in [3.63, 3.8) is 0 Å². The van der Waals surface area contributed by atoms with Gasteiger partial charge in [0.1, 0.15) is 5.76 Å². The van der Waals surface area contributed by atoms with E-state index < -0.39 is 38.4 Å². The topological polar surface area (TPSA) is 174 Å². The minimum atomic E-state index is -3.99. The van der Waals surface area contributed by atoms with Crippen molar-refractivity contribution >= 4 is 38.8 Å². The molecule has 2 aromatic carbocycles. The second kappa shape index (κ2) is 8.50. The molecule has 0 radical (unpaired) electrons. The number of aromatic nitrogens is 1. The zero-order chi connectivity index (χ0) is 24.6. The van der Waals surface area contributed by atoms with Crippen molar-refractivity contribution in [2.24, 2.45) is 5.14 Å². The first-order valence-corrected chi connectivity index (χ1v) is 11.2. The van der Waals surface area contributed by atoms with Crippen LogP contribution in [0.25, 0.3) is 5.76 Å². The Kier molecular flexibility index (Phi) is 5.69. The molecule has 3 aromatic rings. The third-order valence-electron chi connectivity index (χ3n) is 5.24. The van der Waals surface area contributed by atoms with E-state index in [1.54, 1.807) is 12.1 Å². The summed E-state index contributed by atoms with van der Waals surface area (Å²) in [5.41, 5.74) is -0.00789. The van der Waals surface area contributed by atoms with E-state index in [1.807, 2.05) is 0 Å². The maximum Gasteiger partial charge on any atom is 0.300 e. The van der Waals surface area contributed by atoms with Gasteiger partial charge in [-0.2, -0.15) is 0 Å². The monoisotopic (exact) mass is 480 g/mol. The smallest absolute Gasteiger partial charge is 0.300 e. The zero-order valence-corrected chi connectivity index (χ0v) is 18.0. The fourth-order valence-electron chi connectivity index (χ4n) is 3.68. The highest BCUT2D eigenvalue weighted by Crippen LogP contribution is 2.42. The summed E-state index contributed by atoms with van der Waals surface area (Å²) in [6.45, 7) is 0. The third kappa shape index (κ3) is 4.02. The number of aliphatic hydroxyl groups excluding tert-OH is 1. The molecule has 1 amide bonds. The van der Waals surface area contributed by atoms with Crippen molar-refractivity contribution in [3.8, 4) is 0 Å². The highest BCUT2D eigenvalue weighted by molar-refractivity contribution is 7.89. The van der Waals surface area contributed by atoms with Crippen LogP contribution in [0.2, 0.25) is 0 Å². The summed E-state index contributed by atoms with van der Waals surface area (Å²) in [5.74, 6) is -2.58. The van der Waals surface area contributed by atoms with Gasteiger partial charge in [0.25, 0.3) is 17.4 Å². The van der Waals surface area contributed by atoms with Crippen molar-refractivity contribution < 1.29 is 28.0 Å². The van der Waals surface area contributed by atoms with Crippen molar-refractivity contribution in [2.75, 3.05) is 4.90 Å². The maximum atomic E-state index is 13.1. The van der Waals surface area contributed by atoms with Crippen LogP contribution in [0.4, 0.5) is 11.4 Å². The molecule has 34 heavy (non-hydrogen) atoms. The lowest BCUT2D eigenvalue weighted by Crippen LogP contribution is -2.29. The fourth-order valence-corrected chi connectivity index (χ4v) is 4.19. The Balaban J connectivity index is 1.92. The highest BCUT2D eigenvalue weighted by Gasteiger charge is 2.47. The second-order valence-corrected chi connectivity index (χ2v) is 8.86. The number of nitro groups is 1. The molecule has 1 atom stereocenters. The van der Waals surface area contributed by atoms with Crippen molar-refractivity contribution in [2.45, 2.75) is 10.9 Å². The Hall–Kier alpha value is -4.42. The Labute approximate surface area is 193 Å². The molecule has 0 bridgehead atoms. The highest BCUT2D eigenvalue weighted by atomic mass is 32.2. The zero-order valence-electron chi connectivity index (χ0n) is 17.2. The molecule has 172 valence electrons. The van der Waals surface area contributed by atoms with Gasteiger partial charge in [-0.15, -0.1) is 0 Å². The van der Waals surface area contributed by atoms with Crippen LogP contribution in [0.5, 0.6) is 0 Å². The van der Waals surface area contributed by atoms with Gasteiger partial charge in [0.2, 0.25) is 10.0 Å². The molecular weight excluding hydrogens is 464 g/mol. The predicted octanol–water partition coefficient (Wildman–Crippen LogP) is 2.26. The van der Waals surface area contributed by atoms with Crippen LogP contribution >= 0.6 is 0 Å². The number of aliphatic hydroxyl groups is 1. The molecule has 0 saturated carbocycles. The summed E-state index contributed by atoms with van der Waals surface area (Å²) in [4.78, 5) is 41.5. The molecule has 2 heterocycles. The average molecular weight is 480 g/mol. The second-order valence-electron chi connectivity index (χ2n) is 7.30. The summed E-state index contributed by atoms with van der Waals surface area (Å²) >= 11 is 0. The lowest BCUT2D eigenvalue weighted by Gasteiger charge is -2.25. The average Bonchev–Trinajstić information content (AvgIpc) is 3.09. The maximum absolute atomic E-state index is 13.1. The number of primary sulfonamides is 1. The number of carbonyl (C=O) groups excluding carboxylic acids is 2. The van der Waals surface area contributed by atoms with E-state index in [2.05, 4.69) is 4.98 Å². The molecule has 12 heteroatoms. The normalized spacial score (nSPS) is 17.7. The van der Waals surface area contributed by atoms with Gasteiger partial charge < -0.3 is 5.11 Å². The molecule has 0 spiro atoms. The third-order valence-corrected chi connectivity index (χ3v) is 6.17. The molecule has 0 aliphatic carbocycles. The number of hydrogen-bond donors (Lipinski definition) is 2. The number of sulfonamides is 1. The van der Waals surface area contributed by atoms with Crippen LogP contribution in [0.1, 0.15) is 17.2 Å². The van der Waals surface area contributed by atoms with Crippen LogP contribution in [0.15, 0.2) is 83.5 Å². The van der Waals surface area contributed by atoms with E-state index in [0.717, 1.165) is 11.0 Å². The molecule has 1 unspecified atom stereocenters. The molecular formula is C22H16N4O7S. The molecule has 1 aliphatic rings. The van der Waals surface area contributed by atoms with Gasteiger partial charge in [0, 0.05) is 35.8 Å². The molecule has 1 saturated heterocycles. The van der Waals surface area contributed by atoms with Crippen LogP contribution < -0.4 is 10.0 Å². The Morgan fingerprint density at radius 1 is 1.06 bits per heavy atom. The summed E-state index contributed by atoms with van der Waals surface area (Å²) in [6.07, 6.45) is 2.87. The number of Topliss-reactive ketones (excluding diaryl/α,β-unsaturated/α-hetero) is 1. The number of carbonyl (C=O) groups is 2. The summed E-state index contributed by atoms with van der Waals surface area (Å²) in [7, 11) is -3.99. The molecule has 11 nitrogen and oxygen atoms in total. The lowest BCUT2D eigenvalue weighted by molar-refractivity contribution is -0.384. The number of nitrogens with two attached hydrogens (primary N) is 1. The number of anilines is 1. The van der Waals surface area contributed by atoms with Gasteiger partial charge in [0.05, 0.1) is 21.4 Å². The Morgan fingerprint density at radius 3 is 2.29 bits per heavy atom. The van der Waals surface area contributed by atoms with Gasteiger partial charge >= 0.3 is 0 Å². The number of ketones is 1. The standard InChI is InChI=1S/C22H16N4O7S/c23-34(32,33)17-6-4-15(5-7-17)25-19(13-8-10-24-11-9-13)18(21(28)22(25)29)20(27)14-2-1-3-16(12-14)26(30)31/h1-12,19,27H,(H2,23,32,33)/b20-18-. The minimum Gasteiger partial charge on any atom is -0.507 e. The quantitative estimate of drug-likeness (QED) is 0.184. The van der Waals surface area contributed by atoms with Crippen LogP contribution in [0.3, 0.4) is 0 Å². The van der Waals surface area contributed by atoms with E-state index in [9.17, 15) is 33.2 Å². The molecule has 3 N–H and O–H groups in total. The lowest BCUT2D eigenvalue weighted by atomic mass is 9.95. The molecule has 1 aliphatic heterocycles. The van der Waals surface area contributed by atoms with E-state index in [1.165, 1.54) is 54.9 Å². The largest absolute Gasteiger partial charge is 0.507 e. The van der Waals surface area contributed by atoms with E-state index in [-0.39, 0.29) is 27.4 Å². The summed E-state index contributed by atoms with van der Waals surface area (Å²) in [6, 6.07) is 12.0. The SMILES string of the molecule is NS(=O)(=O)c1ccc(N2C(=O)C(=O)/C(=C(\O)c3cccc([N+](=O)[O-])c3)C2c2ccncc2)cc1. The first-order chi connectivity index (χ1) is 16.1. The van der Waals surface area contributed by atoms with Crippen LogP contribution in [-0.2, 0) is 19.6 Å². The number of rotatable bonds is 5. The molecule has 1 aromatic heterocycles. The number of nitro benzene ring substituents is 1. The van der Waals surface area contributed by atoms with Crippen molar-refractivity contribution in [1.29, 1.82) is 0 Å². The number of non-ortho nitro benzene ring substituents is 1. The van der Waals surface area contributed by atoms with E-state index >= 15 is 0 Å². The van der Waals surface area contributed by atoms with Gasteiger partial charge in [0.15, 0.2) is 0 Å². The molecule has 4 rings (SSSR count). The van der Waals surface area contributed by atoms with Crippen LogP contribution in [0, 0.1) is 10.1 Å². The van der Waals surface area contributed by atoms with Gasteiger partial charge in [-0.05, 0) is 42.0 Å². The predicted molar refractivity (Wildman–Crippen MR) is 120 cm³/mol. The summed E-state index contributed by atoms with van der Waals surface area (Å²) in [5, 5.41) is 27.3. The number of benzene rings is 2. The first-order valence-electron chi connectivity index (χ1n) is 9.68. The number of amides is 1. The van der Waals surface area contributed by atoms with E-state index in [4.69, 9.17) is 5.14 Å². The number of hydrogen-bond acceptors (Lipinski definition) is 8. The number of nitrogens with zero attached hydrogens (tertiary/aromatic N) is 3.